The molecule has 124 valence electrons. The number of halogens is 3. The van der Waals surface area contributed by atoms with Gasteiger partial charge in [-0.15, -0.1) is 12.4 Å². The van der Waals surface area contributed by atoms with Gasteiger partial charge in [-0.1, -0.05) is 0 Å². The van der Waals surface area contributed by atoms with Crippen LogP contribution in [0.2, 0.25) is 0 Å². The summed E-state index contributed by atoms with van der Waals surface area (Å²) in [5.74, 6) is -2.01. The van der Waals surface area contributed by atoms with Gasteiger partial charge in [0, 0.05) is 17.7 Å². The van der Waals surface area contributed by atoms with Gasteiger partial charge in [-0.3, -0.25) is 15.2 Å². The fourth-order valence-electron chi connectivity index (χ4n) is 2.30. The number of nitrogens with one attached hydrogen (secondary N) is 3. The third kappa shape index (κ3) is 4.02. The van der Waals surface area contributed by atoms with E-state index in [0.717, 1.165) is 5.56 Å². The average Bonchev–Trinajstić information content (AvgIpc) is 3.05. The molecule has 0 radical (unpaired) electrons. The Bertz CT molecular complexity index is 689. The summed E-state index contributed by atoms with van der Waals surface area (Å²) in [5, 5.41) is 11.9. The number of anilines is 1. The van der Waals surface area contributed by atoms with E-state index in [1.165, 1.54) is 0 Å². The average molecular weight is 344 g/mol. The first-order valence-corrected chi connectivity index (χ1v) is 6.84. The van der Waals surface area contributed by atoms with Crippen LogP contribution < -0.4 is 10.6 Å². The topological polar surface area (TPSA) is 82.7 Å². The van der Waals surface area contributed by atoms with E-state index < -0.39 is 30.8 Å². The van der Waals surface area contributed by atoms with E-state index in [4.69, 9.17) is 0 Å². The number of carbonyl (C=O) groups is 1. The van der Waals surface area contributed by atoms with Crippen LogP contribution >= 0.6 is 12.4 Å². The molecule has 3 rings (SSSR count). The van der Waals surface area contributed by atoms with E-state index >= 15 is 0 Å². The largest absolute Gasteiger partial charge is 0.325 e. The molecule has 0 spiro atoms. The number of aromatic amines is 1. The molecular weight excluding hydrogens is 328 g/mol. The normalized spacial score (nSPS) is 19.2. The van der Waals surface area contributed by atoms with Gasteiger partial charge in [-0.2, -0.15) is 5.10 Å². The number of nitrogens with zero attached hydrogens (tertiary/aromatic N) is 2. The first-order valence-electron chi connectivity index (χ1n) is 6.84. The van der Waals surface area contributed by atoms with Crippen LogP contribution in [0.5, 0.6) is 0 Å². The van der Waals surface area contributed by atoms with E-state index in [1.807, 2.05) is 0 Å². The Hall–Kier alpha value is -2.06. The number of carbonyl (C=O) groups excluding carboxylic acids is 1. The minimum absolute atomic E-state index is 0. The quantitative estimate of drug-likeness (QED) is 0.797. The minimum Gasteiger partial charge on any atom is -0.325 e. The number of aryl methyl sites for hydroxylation is 1. The molecule has 0 aliphatic carbocycles. The van der Waals surface area contributed by atoms with Crippen molar-refractivity contribution in [1.82, 2.24) is 20.5 Å². The Morgan fingerprint density at radius 3 is 2.57 bits per heavy atom. The molecule has 3 N–H and O–H groups in total. The van der Waals surface area contributed by atoms with E-state index in [0.29, 0.717) is 17.3 Å². The molecule has 9 heteroatoms. The number of benzene rings is 1. The summed E-state index contributed by atoms with van der Waals surface area (Å²) in [6, 6.07) is 6.02. The molecular formula is C14H16ClF2N5O. The third-order valence-corrected chi connectivity index (χ3v) is 3.43. The maximum absolute atomic E-state index is 13.1. The smallest absolute Gasteiger partial charge is 0.262 e. The second kappa shape index (κ2) is 6.59. The van der Waals surface area contributed by atoms with E-state index in [1.54, 1.807) is 31.2 Å². The van der Waals surface area contributed by atoms with Crippen LogP contribution in [-0.4, -0.2) is 39.6 Å². The van der Waals surface area contributed by atoms with Crippen LogP contribution in [0.1, 0.15) is 12.2 Å². The van der Waals surface area contributed by atoms with E-state index in [9.17, 15) is 13.6 Å². The molecule has 1 atom stereocenters. The molecule has 1 saturated heterocycles. The van der Waals surface area contributed by atoms with Crippen LogP contribution in [0.15, 0.2) is 24.3 Å². The van der Waals surface area contributed by atoms with Crippen molar-refractivity contribution in [3.63, 3.8) is 0 Å². The highest BCUT2D eigenvalue weighted by atomic mass is 35.5. The van der Waals surface area contributed by atoms with Crippen molar-refractivity contribution < 1.29 is 13.6 Å². The van der Waals surface area contributed by atoms with Gasteiger partial charge in [0.15, 0.2) is 5.82 Å². The highest BCUT2D eigenvalue weighted by Crippen LogP contribution is 2.26. The van der Waals surface area contributed by atoms with E-state index in [2.05, 4.69) is 25.8 Å². The summed E-state index contributed by atoms with van der Waals surface area (Å²) >= 11 is 0. The lowest BCUT2D eigenvalue weighted by Gasteiger charge is -2.11. The van der Waals surface area contributed by atoms with Crippen LogP contribution in [-0.2, 0) is 4.79 Å². The fraction of sp³-hybridized carbons (Fsp3) is 0.357. The van der Waals surface area contributed by atoms with Gasteiger partial charge in [0.05, 0.1) is 12.6 Å². The molecule has 1 aromatic carbocycles. The van der Waals surface area contributed by atoms with Gasteiger partial charge in [0.25, 0.3) is 5.92 Å². The fourth-order valence-corrected chi connectivity index (χ4v) is 2.30. The number of hydrogen-bond donors (Lipinski definition) is 3. The maximum Gasteiger partial charge on any atom is 0.262 e. The van der Waals surface area contributed by atoms with Gasteiger partial charge >= 0.3 is 0 Å². The van der Waals surface area contributed by atoms with Gasteiger partial charge in [0.2, 0.25) is 5.91 Å². The molecule has 2 aromatic rings. The second-order valence-corrected chi connectivity index (χ2v) is 5.30. The van der Waals surface area contributed by atoms with Crippen LogP contribution in [0.4, 0.5) is 14.5 Å². The van der Waals surface area contributed by atoms with Crippen molar-refractivity contribution in [2.45, 2.75) is 25.3 Å². The first kappa shape index (κ1) is 17.3. The van der Waals surface area contributed by atoms with Crippen molar-refractivity contribution in [2.75, 3.05) is 11.9 Å². The Morgan fingerprint density at radius 2 is 2.04 bits per heavy atom. The number of hydrogen-bond acceptors (Lipinski definition) is 4. The van der Waals surface area contributed by atoms with E-state index in [-0.39, 0.29) is 12.4 Å². The summed E-state index contributed by atoms with van der Waals surface area (Å²) in [6.45, 7) is 1.34. The molecule has 6 nitrogen and oxygen atoms in total. The van der Waals surface area contributed by atoms with Gasteiger partial charge in [-0.05, 0) is 31.2 Å². The number of H-pyrrole nitrogens is 1. The molecule has 1 aliphatic rings. The summed E-state index contributed by atoms with van der Waals surface area (Å²) in [7, 11) is 0. The Kier molecular flexibility index (Phi) is 4.96. The van der Waals surface area contributed by atoms with Crippen LogP contribution in [0.25, 0.3) is 11.4 Å². The third-order valence-electron chi connectivity index (χ3n) is 3.43. The molecule has 1 fully saturated rings. The summed E-state index contributed by atoms with van der Waals surface area (Å²) in [5.41, 5.74) is 1.34. The lowest BCUT2D eigenvalue weighted by Crippen LogP contribution is -2.35. The Morgan fingerprint density at radius 1 is 1.35 bits per heavy atom. The van der Waals surface area contributed by atoms with Crippen LogP contribution in [0.3, 0.4) is 0 Å². The molecule has 23 heavy (non-hydrogen) atoms. The minimum atomic E-state index is -2.82. The lowest BCUT2D eigenvalue weighted by molar-refractivity contribution is -0.118. The zero-order chi connectivity index (χ0) is 15.7. The second-order valence-electron chi connectivity index (χ2n) is 5.30. The molecule has 1 amide bonds. The summed E-state index contributed by atoms with van der Waals surface area (Å²) in [4.78, 5) is 16.1. The lowest BCUT2D eigenvalue weighted by atomic mass is 10.1. The van der Waals surface area contributed by atoms with Crippen molar-refractivity contribution in [3.8, 4) is 11.4 Å². The zero-order valence-electron chi connectivity index (χ0n) is 12.3. The highest BCUT2D eigenvalue weighted by molar-refractivity contribution is 5.95. The molecule has 2 heterocycles. The predicted molar refractivity (Wildman–Crippen MR) is 83.8 cm³/mol. The van der Waals surface area contributed by atoms with Gasteiger partial charge in [-0.25, -0.2) is 13.8 Å². The highest BCUT2D eigenvalue weighted by Gasteiger charge is 2.42. The molecule has 1 unspecified atom stereocenters. The molecule has 0 saturated carbocycles. The summed E-state index contributed by atoms with van der Waals surface area (Å²) < 4.78 is 26.2. The van der Waals surface area contributed by atoms with Crippen molar-refractivity contribution in [1.29, 1.82) is 0 Å². The number of rotatable bonds is 3. The maximum atomic E-state index is 13.1. The van der Waals surface area contributed by atoms with Crippen molar-refractivity contribution in [2.24, 2.45) is 0 Å². The molecule has 0 bridgehead atoms. The van der Waals surface area contributed by atoms with Crippen molar-refractivity contribution in [3.05, 3.63) is 30.1 Å². The van der Waals surface area contributed by atoms with Crippen molar-refractivity contribution >= 4 is 24.0 Å². The predicted octanol–water partition coefficient (Wildman–Crippen LogP) is 2.14. The Labute approximate surface area is 137 Å². The molecule has 1 aliphatic heterocycles. The number of aromatic nitrogens is 3. The zero-order valence-corrected chi connectivity index (χ0v) is 13.1. The SMILES string of the molecule is Cc1nc(-c2ccc(NC(=O)C3CC(F)(F)CN3)cc2)n[nH]1.Cl. The van der Waals surface area contributed by atoms with Crippen LogP contribution in [0, 0.1) is 6.92 Å². The standard InChI is InChI=1S/C14H15F2N5O.ClH/c1-8-18-12(21-20-8)9-2-4-10(5-3-9)19-13(22)11-6-14(15,16)7-17-11;/h2-5,11,17H,6-7H2,1H3,(H,19,22)(H,18,20,21);1H. The monoisotopic (exact) mass is 343 g/mol. The summed E-state index contributed by atoms with van der Waals surface area (Å²) in [6.07, 6.45) is -0.479. The first-order chi connectivity index (χ1) is 10.4. The Balaban J connectivity index is 0.00000192. The van der Waals surface area contributed by atoms with Gasteiger partial charge < -0.3 is 5.32 Å². The number of amides is 1. The molecule has 1 aromatic heterocycles. The van der Waals surface area contributed by atoms with Gasteiger partial charge in [0.1, 0.15) is 5.82 Å². The number of alkyl halides is 2.